The van der Waals surface area contributed by atoms with Crippen molar-refractivity contribution in [3.63, 3.8) is 0 Å². The Balaban J connectivity index is 2.39. The molecule has 1 heterocycles. The molecule has 0 unspecified atom stereocenters. The molecule has 1 aromatic heterocycles. The van der Waals surface area contributed by atoms with E-state index in [1.54, 1.807) is 18.2 Å². The lowest BCUT2D eigenvalue weighted by atomic mass is 10.1. The van der Waals surface area contributed by atoms with Gasteiger partial charge in [0.05, 0.1) is 32.0 Å². The summed E-state index contributed by atoms with van der Waals surface area (Å²) in [6.07, 6.45) is 2.31. The van der Waals surface area contributed by atoms with Crippen LogP contribution in [0.3, 0.4) is 0 Å². The zero-order valence-corrected chi connectivity index (χ0v) is 17.6. The van der Waals surface area contributed by atoms with Gasteiger partial charge in [0.15, 0.2) is 9.84 Å². The zero-order valence-electron chi connectivity index (χ0n) is 13.0. The number of rotatable bonds is 3. The molecule has 3 rings (SSSR count). The van der Waals surface area contributed by atoms with Gasteiger partial charge < -0.3 is 0 Å². The van der Waals surface area contributed by atoms with Crippen molar-refractivity contribution in [3.05, 3.63) is 61.6 Å². The molecule has 0 saturated carbocycles. The van der Waals surface area contributed by atoms with Gasteiger partial charge in [-0.25, -0.2) is 13.1 Å². The summed E-state index contributed by atoms with van der Waals surface area (Å²) in [6, 6.07) is 7.72. The Labute approximate surface area is 175 Å². The number of halogens is 5. The lowest BCUT2D eigenvalue weighted by Crippen LogP contribution is -2.04. The van der Waals surface area contributed by atoms with Crippen LogP contribution in [0.4, 0.5) is 0 Å². The van der Waals surface area contributed by atoms with Crippen molar-refractivity contribution in [2.45, 2.75) is 4.90 Å². The van der Waals surface area contributed by atoms with E-state index in [1.807, 2.05) is 0 Å². The van der Waals surface area contributed by atoms with E-state index in [0.29, 0.717) is 21.3 Å². The van der Waals surface area contributed by atoms with E-state index in [-0.39, 0.29) is 25.7 Å². The second-order valence-electron chi connectivity index (χ2n) is 5.39. The third kappa shape index (κ3) is 3.70. The van der Waals surface area contributed by atoms with Crippen LogP contribution in [0, 0.1) is 0 Å². The summed E-state index contributed by atoms with van der Waals surface area (Å²) in [5.41, 5.74) is 1.05. The summed E-state index contributed by atoms with van der Waals surface area (Å²) in [5, 5.41) is 5.56. The molecular formula is C16H9Cl5N2O2S. The van der Waals surface area contributed by atoms with Gasteiger partial charge in [-0.3, -0.25) is 0 Å². The molecule has 4 nitrogen and oxygen atoms in total. The summed E-state index contributed by atoms with van der Waals surface area (Å²) >= 11 is 30.6. The molecule has 26 heavy (non-hydrogen) atoms. The highest BCUT2D eigenvalue weighted by atomic mass is 35.5. The van der Waals surface area contributed by atoms with E-state index >= 15 is 0 Å². The average molecular weight is 471 g/mol. The first kappa shape index (κ1) is 19.8. The van der Waals surface area contributed by atoms with Gasteiger partial charge >= 0.3 is 0 Å². The van der Waals surface area contributed by atoms with Crippen LogP contribution in [-0.2, 0) is 9.84 Å². The normalized spacial score (nSPS) is 11.8. The fourth-order valence-corrected chi connectivity index (χ4v) is 4.49. The molecule has 0 aliphatic rings. The van der Waals surface area contributed by atoms with Crippen LogP contribution in [-0.4, -0.2) is 24.5 Å². The first-order chi connectivity index (χ1) is 12.1. The van der Waals surface area contributed by atoms with E-state index in [1.165, 1.54) is 23.0 Å². The number of hydrogen-bond acceptors (Lipinski definition) is 3. The van der Waals surface area contributed by atoms with Crippen molar-refractivity contribution < 1.29 is 8.42 Å². The predicted octanol–water partition coefficient (Wildman–Crippen LogP) is 6.21. The highest BCUT2D eigenvalue weighted by Gasteiger charge is 2.24. The molecule has 10 heteroatoms. The van der Waals surface area contributed by atoms with Crippen molar-refractivity contribution in [2.24, 2.45) is 0 Å². The lowest BCUT2D eigenvalue weighted by Gasteiger charge is -2.13. The first-order valence-electron chi connectivity index (χ1n) is 6.98. The highest BCUT2D eigenvalue weighted by Crippen LogP contribution is 2.38. The van der Waals surface area contributed by atoms with Gasteiger partial charge in [-0.2, -0.15) is 5.10 Å². The van der Waals surface area contributed by atoms with E-state index in [9.17, 15) is 8.42 Å². The van der Waals surface area contributed by atoms with Crippen molar-refractivity contribution in [3.8, 4) is 16.9 Å². The molecule has 0 saturated heterocycles. The molecule has 0 aliphatic carbocycles. The first-order valence-corrected chi connectivity index (χ1v) is 10.8. The summed E-state index contributed by atoms with van der Waals surface area (Å²) in [7, 11) is -3.60. The van der Waals surface area contributed by atoms with Crippen molar-refractivity contribution in [2.75, 3.05) is 6.26 Å². The molecule has 0 aliphatic heterocycles. The Hall–Kier alpha value is -0.950. The van der Waals surface area contributed by atoms with Crippen LogP contribution in [0.25, 0.3) is 16.9 Å². The molecule has 0 bridgehead atoms. The van der Waals surface area contributed by atoms with Gasteiger partial charge in [-0.15, -0.1) is 0 Å². The van der Waals surface area contributed by atoms with Crippen LogP contribution in [0.5, 0.6) is 0 Å². The van der Waals surface area contributed by atoms with E-state index < -0.39 is 9.84 Å². The fourth-order valence-electron chi connectivity index (χ4n) is 2.42. The molecule has 0 fully saturated rings. The Morgan fingerprint density at radius 2 is 1.50 bits per heavy atom. The summed E-state index contributed by atoms with van der Waals surface area (Å²) in [4.78, 5) is -0.00188. The van der Waals surface area contributed by atoms with Gasteiger partial charge in [0, 0.05) is 16.8 Å². The summed E-state index contributed by atoms with van der Waals surface area (Å²) < 4.78 is 25.8. The van der Waals surface area contributed by atoms with Crippen molar-refractivity contribution in [1.82, 2.24) is 9.78 Å². The molecule has 136 valence electrons. The third-order valence-corrected chi connectivity index (χ3v) is 6.15. The Morgan fingerprint density at radius 3 is 2.04 bits per heavy atom. The van der Waals surface area contributed by atoms with Gasteiger partial charge in [-0.05, 0) is 24.3 Å². The smallest absolute Gasteiger partial charge is 0.179 e. The quantitative estimate of drug-likeness (QED) is 0.457. The minimum absolute atomic E-state index is 0.00188. The van der Waals surface area contributed by atoms with E-state index in [0.717, 1.165) is 6.26 Å². The zero-order chi connectivity index (χ0) is 19.2. The van der Waals surface area contributed by atoms with Crippen LogP contribution in [0.2, 0.25) is 25.1 Å². The average Bonchev–Trinajstić information content (AvgIpc) is 2.94. The number of nitrogens with zero attached hydrogens (tertiary/aromatic N) is 2. The van der Waals surface area contributed by atoms with Crippen LogP contribution in [0.1, 0.15) is 0 Å². The van der Waals surface area contributed by atoms with Crippen molar-refractivity contribution >= 4 is 67.8 Å². The minimum atomic E-state index is -3.60. The standard InChI is InChI=1S/C16H9Cl5N2O2S/c1-26(24,25)14-7-22-23(16-12(20)5-9(17)6-13(16)21)15(14)8-2-3-10(18)11(19)4-8/h2-7H,1H3. The maximum absolute atomic E-state index is 12.2. The van der Waals surface area contributed by atoms with E-state index in [4.69, 9.17) is 58.0 Å². The second-order valence-corrected chi connectivity index (χ2v) is 9.44. The molecule has 3 aromatic rings. The summed E-state index contributed by atoms with van der Waals surface area (Å²) in [5.74, 6) is 0. The second kappa shape index (κ2) is 7.23. The van der Waals surface area contributed by atoms with Gasteiger partial charge in [0.2, 0.25) is 0 Å². The van der Waals surface area contributed by atoms with Crippen LogP contribution in [0.15, 0.2) is 41.4 Å². The molecule has 0 spiro atoms. The molecule has 2 aromatic carbocycles. The summed E-state index contributed by atoms with van der Waals surface area (Å²) in [6.45, 7) is 0. The maximum atomic E-state index is 12.2. The van der Waals surface area contributed by atoms with Crippen LogP contribution >= 0.6 is 58.0 Å². The Morgan fingerprint density at radius 1 is 0.885 bits per heavy atom. The SMILES string of the molecule is CS(=O)(=O)c1cnn(-c2c(Cl)cc(Cl)cc2Cl)c1-c1ccc(Cl)c(Cl)c1. The van der Waals surface area contributed by atoms with Gasteiger partial charge in [0.1, 0.15) is 10.6 Å². The predicted molar refractivity (Wildman–Crippen MR) is 107 cm³/mol. The number of aromatic nitrogens is 2. The molecule has 0 radical (unpaired) electrons. The lowest BCUT2D eigenvalue weighted by molar-refractivity contribution is 0.602. The maximum Gasteiger partial charge on any atom is 0.179 e. The molecule has 0 amide bonds. The van der Waals surface area contributed by atoms with Crippen molar-refractivity contribution in [1.29, 1.82) is 0 Å². The minimum Gasteiger partial charge on any atom is -0.229 e. The van der Waals surface area contributed by atoms with Gasteiger partial charge in [0.25, 0.3) is 0 Å². The molecular weight excluding hydrogens is 462 g/mol. The van der Waals surface area contributed by atoms with Crippen LogP contribution < -0.4 is 0 Å². The van der Waals surface area contributed by atoms with E-state index in [2.05, 4.69) is 5.10 Å². The monoisotopic (exact) mass is 468 g/mol. The molecule has 0 N–H and O–H groups in total. The third-order valence-electron chi connectivity index (χ3n) is 3.52. The Bertz CT molecular complexity index is 1100. The topological polar surface area (TPSA) is 52.0 Å². The van der Waals surface area contributed by atoms with Gasteiger partial charge in [-0.1, -0.05) is 64.1 Å². The number of benzene rings is 2. The number of sulfone groups is 1. The highest BCUT2D eigenvalue weighted by molar-refractivity contribution is 7.90. The molecule has 0 atom stereocenters. The fraction of sp³-hybridized carbons (Fsp3) is 0.0625. The largest absolute Gasteiger partial charge is 0.229 e. The Kier molecular flexibility index (Phi) is 5.50. The number of hydrogen-bond donors (Lipinski definition) is 0.